The molecule has 2 heterocycles. The third kappa shape index (κ3) is 1.87. The molecule has 1 aromatic rings. The van der Waals surface area contributed by atoms with Crippen LogP contribution in [0.4, 0.5) is 10.2 Å². The summed E-state index contributed by atoms with van der Waals surface area (Å²) >= 11 is 0. The number of aryl methyl sites for hydroxylation is 1. The highest BCUT2D eigenvalue weighted by Gasteiger charge is 2.27. The molecular formula is C11H16FN3O. The molecule has 1 aliphatic heterocycles. The van der Waals surface area contributed by atoms with Crippen LogP contribution in [-0.4, -0.2) is 34.3 Å². The highest BCUT2D eigenvalue weighted by molar-refractivity contribution is 5.43. The van der Waals surface area contributed by atoms with Gasteiger partial charge in [0.1, 0.15) is 6.33 Å². The van der Waals surface area contributed by atoms with E-state index in [0.717, 1.165) is 19.4 Å². The first-order valence-electron chi connectivity index (χ1n) is 5.64. The van der Waals surface area contributed by atoms with E-state index in [4.69, 9.17) is 0 Å². The standard InChI is InChI=1S/C11H16FN3O/c1-2-9-10(12)11(14-7-13-9)15-5-3-4-8(15)6-16/h7-8,16H,2-6H2,1H3. The molecule has 5 heteroatoms. The number of hydrogen-bond acceptors (Lipinski definition) is 4. The fourth-order valence-corrected chi connectivity index (χ4v) is 2.15. The molecule has 0 radical (unpaired) electrons. The van der Waals surface area contributed by atoms with Gasteiger partial charge in [0.2, 0.25) is 0 Å². The van der Waals surface area contributed by atoms with Crippen molar-refractivity contribution in [2.75, 3.05) is 18.1 Å². The molecule has 0 spiro atoms. The van der Waals surface area contributed by atoms with E-state index in [1.807, 2.05) is 11.8 Å². The minimum absolute atomic E-state index is 0.00546. The molecule has 88 valence electrons. The van der Waals surface area contributed by atoms with E-state index in [1.54, 1.807) is 0 Å². The third-order valence-electron chi connectivity index (χ3n) is 3.04. The van der Waals surface area contributed by atoms with Gasteiger partial charge in [-0.05, 0) is 19.3 Å². The number of aliphatic hydroxyl groups is 1. The highest BCUT2D eigenvalue weighted by atomic mass is 19.1. The van der Waals surface area contributed by atoms with Crippen LogP contribution >= 0.6 is 0 Å². The molecule has 16 heavy (non-hydrogen) atoms. The van der Waals surface area contributed by atoms with Crippen LogP contribution in [0.15, 0.2) is 6.33 Å². The number of rotatable bonds is 3. The summed E-state index contributed by atoms with van der Waals surface area (Å²) in [6, 6.07) is -0.00546. The Morgan fingerprint density at radius 1 is 1.56 bits per heavy atom. The van der Waals surface area contributed by atoms with E-state index in [-0.39, 0.29) is 18.5 Å². The molecule has 0 aliphatic carbocycles. The van der Waals surface area contributed by atoms with Gasteiger partial charge in [0.15, 0.2) is 11.6 Å². The van der Waals surface area contributed by atoms with Gasteiger partial charge in [-0.3, -0.25) is 0 Å². The zero-order valence-corrected chi connectivity index (χ0v) is 9.36. The van der Waals surface area contributed by atoms with Crippen molar-refractivity contribution < 1.29 is 9.50 Å². The average molecular weight is 225 g/mol. The first kappa shape index (κ1) is 11.3. The molecule has 1 atom stereocenters. The minimum atomic E-state index is -0.342. The number of anilines is 1. The second kappa shape index (κ2) is 4.74. The lowest BCUT2D eigenvalue weighted by molar-refractivity contribution is 0.265. The summed E-state index contributed by atoms with van der Waals surface area (Å²) in [4.78, 5) is 9.74. The maximum Gasteiger partial charge on any atom is 0.187 e. The fourth-order valence-electron chi connectivity index (χ4n) is 2.15. The molecule has 1 saturated heterocycles. The Hall–Kier alpha value is -1.23. The fraction of sp³-hybridized carbons (Fsp3) is 0.636. The number of halogens is 1. The van der Waals surface area contributed by atoms with Gasteiger partial charge in [-0.25, -0.2) is 14.4 Å². The van der Waals surface area contributed by atoms with Gasteiger partial charge in [0, 0.05) is 6.54 Å². The molecule has 0 aromatic carbocycles. The molecule has 1 aliphatic rings. The van der Waals surface area contributed by atoms with Crippen molar-refractivity contribution in [2.24, 2.45) is 0 Å². The zero-order valence-electron chi connectivity index (χ0n) is 9.36. The van der Waals surface area contributed by atoms with Crippen LogP contribution in [0.1, 0.15) is 25.5 Å². The van der Waals surface area contributed by atoms with E-state index in [1.165, 1.54) is 6.33 Å². The van der Waals surface area contributed by atoms with Gasteiger partial charge in [-0.2, -0.15) is 0 Å². The van der Waals surface area contributed by atoms with Crippen molar-refractivity contribution in [1.82, 2.24) is 9.97 Å². The Bertz CT molecular complexity index is 372. The van der Waals surface area contributed by atoms with E-state index < -0.39 is 0 Å². The van der Waals surface area contributed by atoms with Crippen LogP contribution in [0.5, 0.6) is 0 Å². The Morgan fingerprint density at radius 3 is 3.06 bits per heavy atom. The minimum Gasteiger partial charge on any atom is -0.394 e. The summed E-state index contributed by atoms with van der Waals surface area (Å²) in [7, 11) is 0. The number of aromatic nitrogens is 2. The summed E-state index contributed by atoms with van der Waals surface area (Å²) in [5.41, 5.74) is 0.439. The molecule has 2 rings (SSSR count). The Labute approximate surface area is 94.1 Å². The van der Waals surface area contributed by atoms with Crippen LogP contribution in [0.3, 0.4) is 0 Å². The summed E-state index contributed by atoms with van der Waals surface area (Å²) in [6.45, 7) is 2.66. The van der Waals surface area contributed by atoms with Crippen molar-refractivity contribution in [2.45, 2.75) is 32.2 Å². The molecule has 0 bridgehead atoms. The molecule has 0 amide bonds. The first-order chi connectivity index (χ1) is 7.77. The Kier molecular flexibility index (Phi) is 3.33. The van der Waals surface area contributed by atoms with E-state index in [9.17, 15) is 9.50 Å². The summed E-state index contributed by atoms with van der Waals surface area (Å²) in [5.74, 6) is -0.00579. The second-order valence-electron chi connectivity index (χ2n) is 3.98. The SMILES string of the molecule is CCc1ncnc(N2CCCC2CO)c1F. The molecule has 4 nitrogen and oxygen atoms in total. The third-order valence-corrected chi connectivity index (χ3v) is 3.04. The molecule has 1 fully saturated rings. The van der Waals surface area contributed by atoms with Gasteiger partial charge >= 0.3 is 0 Å². The van der Waals surface area contributed by atoms with Crippen LogP contribution in [0, 0.1) is 5.82 Å². The van der Waals surface area contributed by atoms with Crippen molar-refractivity contribution >= 4 is 5.82 Å². The highest BCUT2D eigenvalue weighted by Crippen LogP contribution is 2.26. The van der Waals surface area contributed by atoms with Crippen molar-refractivity contribution in [3.8, 4) is 0 Å². The van der Waals surface area contributed by atoms with Crippen molar-refractivity contribution in [3.63, 3.8) is 0 Å². The number of aliphatic hydroxyl groups excluding tert-OH is 1. The quantitative estimate of drug-likeness (QED) is 0.838. The number of hydrogen-bond donors (Lipinski definition) is 1. The van der Waals surface area contributed by atoms with Crippen LogP contribution in [0.25, 0.3) is 0 Å². The number of nitrogens with zero attached hydrogens (tertiary/aromatic N) is 3. The normalized spacial score (nSPS) is 20.4. The molecule has 1 aromatic heterocycles. The Morgan fingerprint density at radius 2 is 2.38 bits per heavy atom. The van der Waals surface area contributed by atoms with Crippen LogP contribution in [-0.2, 0) is 6.42 Å². The van der Waals surface area contributed by atoms with Crippen molar-refractivity contribution in [3.05, 3.63) is 17.8 Å². The maximum atomic E-state index is 14.0. The molecule has 1 unspecified atom stereocenters. The predicted octanol–water partition coefficient (Wildman–Crippen LogP) is 1.14. The molecule has 0 saturated carbocycles. The molecule has 1 N–H and O–H groups in total. The van der Waals surface area contributed by atoms with Gasteiger partial charge in [0.25, 0.3) is 0 Å². The second-order valence-corrected chi connectivity index (χ2v) is 3.98. The van der Waals surface area contributed by atoms with E-state index in [2.05, 4.69) is 9.97 Å². The molecular weight excluding hydrogens is 209 g/mol. The smallest absolute Gasteiger partial charge is 0.187 e. The van der Waals surface area contributed by atoms with Gasteiger partial charge in [-0.1, -0.05) is 6.92 Å². The largest absolute Gasteiger partial charge is 0.394 e. The lowest BCUT2D eigenvalue weighted by Gasteiger charge is -2.24. The monoisotopic (exact) mass is 225 g/mol. The summed E-state index contributed by atoms with van der Waals surface area (Å²) < 4.78 is 14.0. The van der Waals surface area contributed by atoms with Gasteiger partial charge < -0.3 is 10.0 Å². The van der Waals surface area contributed by atoms with E-state index in [0.29, 0.717) is 17.9 Å². The first-order valence-corrected chi connectivity index (χ1v) is 5.64. The van der Waals surface area contributed by atoms with Gasteiger partial charge in [-0.15, -0.1) is 0 Å². The lowest BCUT2D eigenvalue weighted by Crippen LogP contribution is -2.33. The average Bonchev–Trinajstić information content (AvgIpc) is 2.77. The van der Waals surface area contributed by atoms with Gasteiger partial charge in [0.05, 0.1) is 18.3 Å². The van der Waals surface area contributed by atoms with Crippen LogP contribution < -0.4 is 4.90 Å². The summed E-state index contributed by atoms with van der Waals surface area (Å²) in [5, 5.41) is 9.21. The lowest BCUT2D eigenvalue weighted by atomic mass is 10.2. The Balaban J connectivity index is 2.32. The topological polar surface area (TPSA) is 49.2 Å². The van der Waals surface area contributed by atoms with Crippen LogP contribution in [0.2, 0.25) is 0 Å². The maximum absolute atomic E-state index is 14.0. The van der Waals surface area contributed by atoms with E-state index >= 15 is 0 Å². The predicted molar refractivity (Wildman–Crippen MR) is 58.8 cm³/mol. The summed E-state index contributed by atoms with van der Waals surface area (Å²) in [6.07, 6.45) is 3.81. The zero-order chi connectivity index (χ0) is 11.5. The van der Waals surface area contributed by atoms with Crippen molar-refractivity contribution in [1.29, 1.82) is 0 Å².